The van der Waals surface area contributed by atoms with Crippen molar-refractivity contribution < 1.29 is 9.53 Å². The second kappa shape index (κ2) is 8.80. The van der Waals surface area contributed by atoms with E-state index in [0.29, 0.717) is 13.1 Å². The van der Waals surface area contributed by atoms with Gasteiger partial charge in [0.25, 0.3) is 11.5 Å². The van der Waals surface area contributed by atoms with Crippen LogP contribution in [0.15, 0.2) is 23.1 Å². The number of aromatic nitrogens is 1. The van der Waals surface area contributed by atoms with E-state index in [9.17, 15) is 9.59 Å². The first-order chi connectivity index (χ1) is 10.1. The summed E-state index contributed by atoms with van der Waals surface area (Å²) in [6.45, 7) is 4.50. The highest BCUT2D eigenvalue weighted by Crippen LogP contribution is 2.04. The van der Waals surface area contributed by atoms with E-state index in [1.54, 1.807) is 19.2 Å². The summed E-state index contributed by atoms with van der Waals surface area (Å²) in [5.41, 5.74) is -0.332. The van der Waals surface area contributed by atoms with Crippen molar-refractivity contribution >= 4 is 5.91 Å². The van der Waals surface area contributed by atoms with Crippen LogP contribution in [0.2, 0.25) is 0 Å². The molecule has 1 rings (SSSR count). The number of nitriles is 1. The molecule has 0 saturated carbocycles. The molecule has 0 bridgehead atoms. The van der Waals surface area contributed by atoms with E-state index in [-0.39, 0.29) is 29.7 Å². The molecule has 0 saturated heterocycles. The van der Waals surface area contributed by atoms with Crippen LogP contribution in [0.3, 0.4) is 0 Å². The van der Waals surface area contributed by atoms with Crippen molar-refractivity contribution in [3.8, 4) is 11.8 Å². The number of hydrogen-bond acceptors (Lipinski definition) is 4. The van der Waals surface area contributed by atoms with E-state index < -0.39 is 0 Å². The molecule has 0 spiro atoms. The molecule has 21 heavy (non-hydrogen) atoms. The van der Waals surface area contributed by atoms with Crippen molar-refractivity contribution in [2.24, 2.45) is 5.92 Å². The van der Waals surface area contributed by atoms with Gasteiger partial charge in [-0.2, -0.15) is 5.26 Å². The number of nitrogens with zero attached hydrogens (tertiary/aromatic N) is 2. The maximum absolute atomic E-state index is 12.1. The molecule has 6 nitrogen and oxygen atoms in total. The van der Waals surface area contributed by atoms with Crippen LogP contribution in [0.25, 0.3) is 0 Å². The lowest BCUT2D eigenvalue weighted by molar-refractivity contribution is -0.123. The molecule has 1 unspecified atom stereocenters. The maximum Gasteiger partial charge on any atom is 0.292 e. The summed E-state index contributed by atoms with van der Waals surface area (Å²) in [6.07, 6.45) is 3.52. The zero-order valence-electron chi connectivity index (χ0n) is 12.5. The minimum absolute atomic E-state index is 0.119. The fourth-order valence-corrected chi connectivity index (χ4v) is 1.70. The van der Waals surface area contributed by atoms with Gasteiger partial charge in [-0.3, -0.25) is 9.59 Å². The van der Waals surface area contributed by atoms with Gasteiger partial charge >= 0.3 is 0 Å². The van der Waals surface area contributed by atoms with E-state index >= 15 is 0 Å². The Morgan fingerprint density at radius 2 is 2.33 bits per heavy atom. The van der Waals surface area contributed by atoms with E-state index in [0.717, 1.165) is 12.8 Å². The zero-order chi connectivity index (χ0) is 15.7. The highest BCUT2D eigenvalue weighted by atomic mass is 16.5. The first-order valence-electron chi connectivity index (χ1n) is 7.07. The molecule has 0 fully saturated rings. The number of carbonyl (C=O) groups is 1. The van der Waals surface area contributed by atoms with Crippen molar-refractivity contribution in [2.45, 2.75) is 33.2 Å². The Morgan fingerprint density at radius 1 is 1.57 bits per heavy atom. The molecule has 1 aromatic heterocycles. The number of hydrogen-bond donors (Lipinski definition) is 1. The molecular formula is C15H21N3O3. The predicted molar refractivity (Wildman–Crippen MR) is 78.9 cm³/mol. The highest BCUT2D eigenvalue weighted by Gasteiger charge is 2.09. The Bertz CT molecular complexity index is 560. The molecule has 0 aromatic carbocycles. The number of pyridine rings is 1. The number of unbranched alkanes of at least 4 members (excludes halogenated alkanes) is 1. The quantitative estimate of drug-likeness (QED) is 0.732. The van der Waals surface area contributed by atoms with Crippen molar-refractivity contribution in [1.82, 2.24) is 9.88 Å². The van der Waals surface area contributed by atoms with Crippen molar-refractivity contribution in [1.29, 1.82) is 5.26 Å². The largest absolute Gasteiger partial charge is 0.478 e. The van der Waals surface area contributed by atoms with E-state index in [1.165, 1.54) is 10.6 Å². The van der Waals surface area contributed by atoms with Gasteiger partial charge in [-0.1, -0.05) is 13.3 Å². The molecule has 1 heterocycles. The lowest BCUT2D eigenvalue weighted by atomic mass is 10.2. The Hall–Kier alpha value is -2.29. The molecule has 1 aromatic rings. The monoisotopic (exact) mass is 291 g/mol. The molecule has 0 radical (unpaired) electrons. The van der Waals surface area contributed by atoms with Gasteiger partial charge in [0.2, 0.25) is 0 Å². The van der Waals surface area contributed by atoms with Crippen molar-refractivity contribution in [2.75, 3.05) is 13.2 Å². The van der Waals surface area contributed by atoms with Gasteiger partial charge in [0.15, 0.2) is 12.4 Å². The average molecular weight is 291 g/mol. The predicted octanol–water partition coefficient (Wildman–Crippen LogP) is 1.30. The zero-order valence-corrected chi connectivity index (χ0v) is 12.5. The highest BCUT2D eigenvalue weighted by molar-refractivity contribution is 5.77. The van der Waals surface area contributed by atoms with Crippen LogP contribution in [0, 0.1) is 17.2 Å². The van der Waals surface area contributed by atoms with Gasteiger partial charge in [-0.15, -0.1) is 0 Å². The summed E-state index contributed by atoms with van der Waals surface area (Å²) in [5, 5.41) is 11.5. The normalized spacial score (nSPS) is 11.5. The Balaban J connectivity index is 2.60. The maximum atomic E-state index is 12.1. The van der Waals surface area contributed by atoms with E-state index in [4.69, 9.17) is 10.00 Å². The second-order valence-electron chi connectivity index (χ2n) is 4.85. The van der Waals surface area contributed by atoms with Crippen molar-refractivity contribution in [3.63, 3.8) is 0 Å². The Kier molecular flexibility index (Phi) is 7.02. The van der Waals surface area contributed by atoms with Crippen LogP contribution in [0.1, 0.15) is 26.7 Å². The number of rotatable bonds is 8. The number of amides is 1. The van der Waals surface area contributed by atoms with Crippen LogP contribution in [-0.4, -0.2) is 23.6 Å². The molecule has 1 N–H and O–H groups in total. The van der Waals surface area contributed by atoms with Crippen LogP contribution >= 0.6 is 0 Å². The van der Waals surface area contributed by atoms with Gasteiger partial charge in [-0.25, -0.2) is 0 Å². The lowest BCUT2D eigenvalue weighted by Gasteiger charge is -2.10. The standard InChI is InChI=1S/C15H21N3O3/c1-3-4-7-17-14(19)11-21-13-6-5-8-18(15(13)20)10-12(2)9-16/h5-6,8,12H,3-4,7,10-11H2,1-2H3,(H,17,19). The molecule has 114 valence electrons. The topological polar surface area (TPSA) is 84.1 Å². The molecule has 0 aliphatic heterocycles. The Labute approximate surface area is 124 Å². The van der Waals surface area contributed by atoms with Gasteiger partial charge in [0.05, 0.1) is 12.0 Å². The summed E-state index contributed by atoms with van der Waals surface area (Å²) in [6, 6.07) is 5.26. The van der Waals surface area contributed by atoms with Crippen LogP contribution < -0.4 is 15.6 Å². The van der Waals surface area contributed by atoms with Gasteiger partial charge in [0, 0.05) is 19.3 Å². The summed E-state index contributed by atoms with van der Waals surface area (Å²) in [5.74, 6) is -0.396. The summed E-state index contributed by atoms with van der Waals surface area (Å²) >= 11 is 0. The fraction of sp³-hybridized carbons (Fsp3) is 0.533. The third-order valence-electron chi connectivity index (χ3n) is 2.89. The Morgan fingerprint density at radius 3 is 3.00 bits per heavy atom. The third kappa shape index (κ3) is 5.69. The molecule has 0 aliphatic carbocycles. The number of ether oxygens (including phenoxy) is 1. The molecular weight excluding hydrogens is 270 g/mol. The average Bonchev–Trinajstić information content (AvgIpc) is 2.48. The second-order valence-corrected chi connectivity index (χ2v) is 4.85. The third-order valence-corrected chi connectivity index (χ3v) is 2.89. The first-order valence-corrected chi connectivity index (χ1v) is 7.07. The van der Waals surface area contributed by atoms with Crippen LogP contribution in [-0.2, 0) is 11.3 Å². The first kappa shape index (κ1) is 16.8. The number of nitrogens with one attached hydrogen (secondary N) is 1. The van der Waals surface area contributed by atoms with Gasteiger partial charge in [-0.05, 0) is 25.5 Å². The minimum atomic E-state index is -0.332. The molecule has 0 aliphatic rings. The number of carbonyl (C=O) groups excluding carboxylic acids is 1. The summed E-state index contributed by atoms with van der Waals surface area (Å²) in [4.78, 5) is 23.6. The van der Waals surface area contributed by atoms with E-state index in [2.05, 4.69) is 11.4 Å². The minimum Gasteiger partial charge on any atom is -0.478 e. The summed E-state index contributed by atoms with van der Waals surface area (Å²) in [7, 11) is 0. The van der Waals surface area contributed by atoms with Gasteiger partial charge < -0.3 is 14.6 Å². The van der Waals surface area contributed by atoms with Crippen LogP contribution in [0.4, 0.5) is 0 Å². The lowest BCUT2D eigenvalue weighted by Crippen LogP contribution is -2.31. The van der Waals surface area contributed by atoms with Crippen molar-refractivity contribution in [3.05, 3.63) is 28.7 Å². The fourth-order valence-electron chi connectivity index (χ4n) is 1.70. The van der Waals surface area contributed by atoms with E-state index in [1.807, 2.05) is 6.92 Å². The van der Waals surface area contributed by atoms with Crippen LogP contribution in [0.5, 0.6) is 5.75 Å². The SMILES string of the molecule is CCCCNC(=O)COc1cccn(CC(C)C#N)c1=O. The molecule has 6 heteroatoms. The molecule has 1 atom stereocenters. The van der Waals surface area contributed by atoms with Gasteiger partial charge in [0.1, 0.15) is 0 Å². The molecule has 1 amide bonds. The summed E-state index contributed by atoms with van der Waals surface area (Å²) < 4.78 is 6.67. The smallest absolute Gasteiger partial charge is 0.292 e.